The van der Waals surface area contributed by atoms with Gasteiger partial charge in [0.2, 0.25) is 11.7 Å². The molecule has 1 saturated heterocycles. The SMILES string of the molecule is CC(C)(C)C(O)C(=O)N1CCN(c2ccc(NC(=O)c3oc(-c4ccccc4)nc3C(F)(F)F)cn2)CC1. The summed E-state index contributed by atoms with van der Waals surface area (Å²) in [5, 5.41) is 12.7. The lowest BCUT2D eigenvalue weighted by Gasteiger charge is -2.38. The molecule has 0 spiro atoms. The highest BCUT2D eigenvalue weighted by Gasteiger charge is 2.41. The van der Waals surface area contributed by atoms with Crippen LogP contribution in [0.4, 0.5) is 24.7 Å². The molecule has 0 saturated carbocycles. The van der Waals surface area contributed by atoms with Crippen LogP contribution in [-0.4, -0.2) is 64.1 Å². The standard InChI is InChI=1S/C26H28F3N5O4/c1-25(2,3)21(35)24(37)34-13-11-33(12-14-34)18-10-9-17(15-30-18)31-22(36)19-20(26(27,28)29)32-23(38-19)16-7-5-4-6-8-16/h4-10,15,21,35H,11-14H2,1-3H3,(H,31,36). The van der Waals surface area contributed by atoms with Crippen LogP contribution in [0.3, 0.4) is 0 Å². The summed E-state index contributed by atoms with van der Waals surface area (Å²) in [4.78, 5) is 36.6. The van der Waals surface area contributed by atoms with Gasteiger partial charge in [-0.2, -0.15) is 13.2 Å². The van der Waals surface area contributed by atoms with Crippen molar-refractivity contribution in [3.8, 4) is 11.5 Å². The summed E-state index contributed by atoms with van der Waals surface area (Å²) < 4.78 is 45.9. The molecule has 12 heteroatoms. The monoisotopic (exact) mass is 531 g/mol. The number of alkyl halides is 3. The van der Waals surface area contributed by atoms with Gasteiger partial charge in [-0.05, 0) is 29.7 Å². The Morgan fingerprint density at radius 2 is 1.68 bits per heavy atom. The molecule has 202 valence electrons. The van der Waals surface area contributed by atoms with E-state index in [1.54, 1.807) is 49.9 Å². The smallest absolute Gasteiger partial charge is 0.430 e. The fraction of sp³-hybridized carbons (Fsp3) is 0.385. The second kappa shape index (κ2) is 10.4. The number of pyridine rings is 1. The summed E-state index contributed by atoms with van der Waals surface area (Å²) in [5.41, 5.74) is -1.50. The number of halogens is 3. The molecule has 1 aliphatic heterocycles. The summed E-state index contributed by atoms with van der Waals surface area (Å²) in [6.45, 7) is 7.16. The first-order valence-electron chi connectivity index (χ1n) is 12.0. The summed E-state index contributed by atoms with van der Waals surface area (Å²) in [5.74, 6) is -2.10. The number of carbonyl (C=O) groups excluding carboxylic acids is 2. The molecular formula is C26H28F3N5O4. The molecule has 4 rings (SSSR count). The van der Waals surface area contributed by atoms with Crippen molar-refractivity contribution in [2.45, 2.75) is 33.1 Å². The Hall–Kier alpha value is -3.93. The highest BCUT2D eigenvalue weighted by Crippen LogP contribution is 2.35. The van der Waals surface area contributed by atoms with Crippen molar-refractivity contribution >= 4 is 23.3 Å². The van der Waals surface area contributed by atoms with E-state index in [1.165, 1.54) is 24.4 Å². The van der Waals surface area contributed by atoms with Gasteiger partial charge in [0.05, 0.1) is 11.9 Å². The van der Waals surface area contributed by atoms with Gasteiger partial charge in [-0.3, -0.25) is 9.59 Å². The predicted octanol–water partition coefficient (Wildman–Crippen LogP) is 4.06. The summed E-state index contributed by atoms with van der Waals surface area (Å²) in [7, 11) is 0. The second-order valence-electron chi connectivity index (χ2n) is 10.0. The quantitative estimate of drug-likeness (QED) is 0.511. The third kappa shape index (κ3) is 5.96. The van der Waals surface area contributed by atoms with Gasteiger partial charge in [0.1, 0.15) is 11.9 Å². The number of aliphatic hydroxyl groups is 1. The van der Waals surface area contributed by atoms with Crippen LogP contribution in [0, 0.1) is 5.41 Å². The number of nitrogens with zero attached hydrogens (tertiary/aromatic N) is 4. The van der Waals surface area contributed by atoms with E-state index in [9.17, 15) is 27.9 Å². The Labute approximate surface area is 217 Å². The van der Waals surface area contributed by atoms with Gasteiger partial charge in [0.15, 0.2) is 5.69 Å². The number of aliphatic hydroxyl groups excluding tert-OH is 1. The summed E-state index contributed by atoms with van der Waals surface area (Å²) in [6, 6.07) is 11.1. The van der Waals surface area contributed by atoms with E-state index in [4.69, 9.17) is 4.42 Å². The molecule has 38 heavy (non-hydrogen) atoms. The molecule has 1 atom stereocenters. The average Bonchev–Trinajstić information content (AvgIpc) is 3.35. The number of oxazole rings is 1. The lowest BCUT2D eigenvalue weighted by Crippen LogP contribution is -2.53. The first kappa shape index (κ1) is 27.1. The lowest BCUT2D eigenvalue weighted by molar-refractivity contribution is -0.146. The Balaban J connectivity index is 1.42. The Morgan fingerprint density at radius 1 is 1.03 bits per heavy atom. The van der Waals surface area contributed by atoms with E-state index in [-0.39, 0.29) is 17.5 Å². The average molecular weight is 532 g/mol. The zero-order valence-corrected chi connectivity index (χ0v) is 21.1. The number of piperazine rings is 1. The molecule has 0 aliphatic carbocycles. The maximum absolute atomic E-state index is 13.6. The number of rotatable bonds is 5. The van der Waals surface area contributed by atoms with E-state index in [2.05, 4.69) is 15.3 Å². The summed E-state index contributed by atoms with van der Waals surface area (Å²) >= 11 is 0. The number of aromatic nitrogens is 2. The van der Waals surface area contributed by atoms with Gasteiger partial charge in [0, 0.05) is 31.7 Å². The van der Waals surface area contributed by atoms with Gasteiger partial charge < -0.3 is 24.6 Å². The molecule has 2 amide bonds. The molecule has 1 aliphatic rings. The second-order valence-corrected chi connectivity index (χ2v) is 10.0. The Bertz CT molecular complexity index is 1280. The minimum atomic E-state index is -4.89. The van der Waals surface area contributed by atoms with Crippen molar-refractivity contribution in [1.29, 1.82) is 0 Å². The lowest BCUT2D eigenvalue weighted by atomic mass is 9.88. The molecule has 3 aromatic rings. The van der Waals surface area contributed by atoms with Crippen molar-refractivity contribution in [2.24, 2.45) is 5.41 Å². The van der Waals surface area contributed by atoms with Gasteiger partial charge in [-0.15, -0.1) is 0 Å². The zero-order chi connectivity index (χ0) is 27.7. The third-order valence-corrected chi connectivity index (χ3v) is 6.10. The van der Waals surface area contributed by atoms with Crippen molar-refractivity contribution in [1.82, 2.24) is 14.9 Å². The third-order valence-electron chi connectivity index (χ3n) is 6.10. The highest BCUT2D eigenvalue weighted by atomic mass is 19.4. The normalized spacial score (nSPS) is 15.3. The van der Waals surface area contributed by atoms with E-state index < -0.39 is 35.1 Å². The molecule has 1 unspecified atom stereocenters. The number of benzene rings is 1. The van der Waals surface area contributed by atoms with Gasteiger partial charge in [-0.25, -0.2) is 9.97 Å². The number of nitrogens with one attached hydrogen (secondary N) is 1. The molecule has 1 fully saturated rings. The van der Waals surface area contributed by atoms with Crippen LogP contribution in [-0.2, 0) is 11.0 Å². The topological polar surface area (TPSA) is 112 Å². The van der Waals surface area contributed by atoms with Crippen molar-refractivity contribution in [2.75, 3.05) is 36.4 Å². The van der Waals surface area contributed by atoms with Crippen LogP contribution in [0.1, 0.15) is 37.0 Å². The first-order chi connectivity index (χ1) is 17.8. The van der Waals surface area contributed by atoms with Crippen molar-refractivity contribution in [3.05, 3.63) is 60.1 Å². The molecule has 2 aromatic heterocycles. The minimum absolute atomic E-state index is 0.173. The number of hydrogen-bond acceptors (Lipinski definition) is 7. The number of amides is 2. The van der Waals surface area contributed by atoms with E-state index in [0.717, 1.165) is 0 Å². The molecular weight excluding hydrogens is 503 g/mol. The van der Waals surface area contributed by atoms with Crippen LogP contribution in [0.15, 0.2) is 53.1 Å². The molecule has 0 radical (unpaired) electrons. The highest BCUT2D eigenvalue weighted by molar-refractivity contribution is 6.03. The predicted molar refractivity (Wildman–Crippen MR) is 133 cm³/mol. The maximum Gasteiger partial charge on any atom is 0.437 e. The molecule has 1 aromatic carbocycles. The van der Waals surface area contributed by atoms with Gasteiger partial charge in [0.25, 0.3) is 11.8 Å². The molecule has 3 heterocycles. The van der Waals surface area contributed by atoms with Crippen LogP contribution < -0.4 is 10.2 Å². The van der Waals surface area contributed by atoms with E-state index in [0.29, 0.717) is 37.6 Å². The minimum Gasteiger partial charge on any atom is -0.430 e. The number of anilines is 2. The molecule has 2 N–H and O–H groups in total. The van der Waals surface area contributed by atoms with Crippen molar-refractivity contribution in [3.63, 3.8) is 0 Å². The fourth-order valence-corrected chi connectivity index (χ4v) is 3.90. The first-order valence-corrected chi connectivity index (χ1v) is 12.0. The summed E-state index contributed by atoms with van der Waals surface area (Å²) in [6.07, 6.45) is -4.66. The van der Waals surface area contributed by atoms with Gasteiger partial charge >= 0.3 is 6.18 Å². The number of carbonyl (C=O) groups is 2. The number of hydrogen-bond donors (Lipinski definition) is 2. The Morgan fingerprint density at radius 3 is 2.24 bits per heavy atom. The van der Waals surface area contributed by atoms with Crippen LogP contribution in [0.25, 0.3) is 11.5 Å². The fourth-order valence-electron chi connectivity index (χ4n) is 3.90. The van der Waals surface area contributed by atoms with E-state index >= 15 is 0 Å². The molecule has 9 nitrogen and oxygen atoms in total. The van der Waals surface area contributed by atoms with E-state index in [1.807, 2.05) is 4.90 Å². The van der Waals surface area contributed by atoms with Crippen LogP contribution in [0.2, 0.25) is 0 Å². The van der Waals surface area contributed by atoms with Crippen LogP contribution in [0.5, 0.6) is 0 Å². The van der Waals surface area contributed by atoms with Gasteiger partial charge in [-0.1, -0.05) is 39.0 Å². The largest absolute Gasteiger partial charge is 0.437 e. The van der Waals surface area contributed by atoms with Crippen LogP contribution >= 0.6 is 0 Å². The maximum atomic E-state index is 13.6. The van der Waals surface area contributed by atoms with Crippen molar-refractivity contribution < 1.29 is 32.3 Å². The zero-order valence-electron chi connectivity index (χ0n) is 21.1. The molecule has 0 bridgehead atoms. The Kier molecular flexibility index (Phi) is 7.45.